The first-order valence-corrected chi connectivity index (χ1v) is 12.9. The molecule has 0 spiro atoms. The maximum Gasteiger partial charge on any atom is 0.346 e. The molecule has 1 saturated heterocycles. The van der Waals surface area contributed by atoms with Crippen molar-refractivity contribution in [3.63, 3.8) is 0 Å². The number of phenolic OH excluding ortho intramolecular Hbond substituents is 1. The molecule has 0 aliphatic carbocycles. The molecule has 7 rings (SSSR count). The Morgan fingerprint density at radius 1 is 1.03 bits per heavy atom. The molecule has 5 aromatic rings. The number of hydrogen-bond donors (Lipinski definition) is 1. The number of aromatic hydroxyl groups is 1. The van der Waals surface area contributed by atoms with Crippen molar-refractivity contribution in [1.82, 2.24) is 14.5 Å². The Kier molecular flexibility index (Phi) is 4.87. The van der Waals surface area contributed by atoms with Crippen LogP contribution in [0.2, 0.25) is 0 Å². The summed E-state index contributed by atoms with van der Waals surface area (Å²) in [7, 11) is 0. The van der Waals surface area contributed by atoms with E-state index in [9.17, 15) is 14.7 Å². The molecule has 3 aromatic heterocycles. The second-order valence-electron chi connectivity index (χ2n) is 9.81. The molecule has 36 heavy (non-hydrogen) atoms. The van der Waals surface area contributed by atoms with Crippen LogP contribution in [-0.4, -0.2) is 32.6 Å². The smallest absolute Gasteiger partial charge is 0.346 e. The van der Waals surface area contributed by atoms with Gasteiger partial charge in [-0.3, -0.25) is 9.69 Å². The summed E-state index contributed by atoms with van der Waals surface area (Å²) in [6, 6.07) is 18.6. The zero-order chi connectivity index (χ0) is 24.4. The van der Waals surface area contributed by atoms with Crippen molar-refractivity contribution in [2.45, 2.75) is 25.4 Å². The average Bonchev–Trinajstić information content (AvgIpc) is 3.30. The molecule has 0 amide bonds. The quantitative estimate of drug-likeness (QED) is 0.368. The van der Waals surface area contributed by atoms with Crippen LogP contribution < -0.4 is 11.2 Å². The summed E-state index contributed by atoms with van der Waals surface area (Å²) in [5, 5.41) is 12.1. The highest BCUT2D eigenvalue weighted by Crippen LogP contribution is 2.38. The van der Waals surface area contributed by atoms with E-state index in [-0.39, 0.29) is 17.2 Å². The van der Waals surface area contributed by atoms with Crippen molar-refractivity contribution in [2.24, 2.45) is 5.92 Å². The summed E-state index contributed by atoms with van der Waals surface area (Å²) in [6.45, 7) is 2.78. The van der Waals surface area contributed by atoms with Crippen LogP contribution in [0.15, 0.2) is 74.7 Å². The summed E-state index contributed by atoms with van der Waals surface area (Å²) >= 11 is 1.46. The molecule has 0 unspecified atom stereocenters. The highest BCUT2D eigenvalue weighted by Gasteiger charge is 2.35. The minimum atomic E-state index is -0.461. The van der Waals surface area contributed by atoms with E-state index >= 15 is 0 Å². The SMILES string of the molecule is O=c1oc2c(CN3C[C@@H]4C[C@H](C3)c3cccc(=O)n3C4)c(O)ccc2cc1-c1nc2ccccc2s1. The van der Waals surface area contributed by atoms with Crippen molar-refractivity contribution < 1.29 is 9.52 Å². The van der Waals surface area contributed by atoms with Gasteiger partial charge in [0.2, 0.25) is 0 Å². The third-order valence-electron chi connectivity index (χ3n) is 7.44. The second kappa shape index (κ2) is 8.15. The molecule has 2 aliphatic rings. The van der Waals surface area contributed by atoms with Crippen molar-refractivity contribution in [1.29, 1.82) is 0 Å². The fraction of sp³-hybridized carbons (Fsp3) is 0.250. The lowest BCUT2D eigenvalue weighted by molar-refractivity contribution is 0.113. The molecule has 2 aliphatic heterocycles. The number of para-hydroxylation sites is 1. The molecule has 0 radical (unpaired) electrons. The lowest BCUT2D eigenvalue weighted by Crippen LogP contribution is -2.46. The molecule has 7 nitrogen and oxygen atoms in total. The predicted molar refractivity (Wildman–Crippen MR) is 140 cm³/mol. The fourth-order valence-corrected chi connectivity index (χ4v) is 6.84. The van der Waals surface area contributed by atoms with E-state index < -0.39 is 5.63 Å². The van der Waals surface area contributed by atoms with Crippen molar-refractivity contribution >= 4 is 32.5 Å². The Bertz CT molecular complexity index is 1740. The van der Waals surface area contributed by atoms with Crippen LogP contribution in [0.5, 0.6) is 5.75 Å². The fourth-order valence-electron chi connectivity index (χ4n) is 5.87. The predicted octanol–water partition coefficient (Wildman–Crippen LogP) is 4.56. The largest absolute Gasteiger partial charge is 0.507 e. The number of likely N-dealkylation sites (tertiary alicyclic amines) is 1. The number of fused-ring (bicyclic) bond motifs is 6. The molecule has 0 saturated carbocycles. The standard InChI is InChI=1S/C28H23N3O4S/c32-23-9-8-17-11-19(27-29-21-4-1-2-6-24(21)36-27)28(34)35-26(17)20(23)15-30-12-16-10-18(14-30)22-5-3-7-25(33)31(22)13-16/h1-9,11,16,18,32H,10,12-15H2/t16-,18+/m0/s1. The van der Waals surface area contributed by atoms with Gasteiger partial charge >= 0.3 is 5.63 Å². The van der Waals surface area contributed by atoms with Crippen molar-refractivity contribution in [3.8, 4) is 16.3 Å². The van der Waals surface area contributed by atoms with Gasteiger partial charge in [0.25, 0.3) is 5.56 Å². The second-order valence-corrected chi connectivity index (χ2v) is 10.8. The van der Waals surface area contributed by atoms with E-state index in [1.807, 2.05) is 47.0 Å². The normalized spacial score (nSPS) is 19.6. The van der Waals surface area contributed by atoms with Gasteiger partial charge in [0.1, 0.15) is 16.3 Å². The zero-order valence-corrected chi connectivity index (χ0v) is 20.2. The van der Waals surface area contributed by atoms with Gasteiger partial charge in [0.15, 0.2) is 0 Å². The molecule has 8 heteroatoms. The number of phenols is 1. The Labute approximate surface area is 209 Å². The number of rotatable bonds is 3. The lowest BCUT2D eigenvalue weighted by atomic mass is 9.83. The van der Waals surface area contributed by atoms with Gasteiger partial charge in [-0.15, -0.1) is 11.3 Å². The summed E-state index contributed by atoms with van der Waals surface area (Å²) < 4.78 is 8.76. The lowest BCUT2D eigenvalue weighted by Gasteiger charge is -2.42. The molecular weight excluding hydrogens is 474 g/mol. The third-order valence-corrected chi connectivity index (χ3v) is 8.51. The minimum Gasteiger partial charge on any atom is -0.507 e. The third kappa shape index (κ3) is 3.48. The first-order chi connectivity index (χ1) is 17.5. The van der Waals surface area contributed by atoms with E-state index in [4.69, 9.17) is 4.42 Å². The van der Waals surface area contributed by atoms with Crippen LogP contribution >= 0.6 is 11.3 Å². The van der Waals surface area contributed by atoms with Crippen LogP contribution in [0.1, 0.15) is 23.6 Å². The van der Waals surface area contributed by atoms with Crippen LogP contribution in [0.25, 0.3) is 31.8 Å². The van der Waals surface area contributed by atoms with Gasteiger partial charge < -0.3 is 14.1 Å². The van der Waals surface area contributed by atoms with Crippen LogP contribution in [0.4, 0.5) is 0 Å². The molecular formula is C28H23N3O4S. The molecule has 5 heterocycles. The minimum absolute atomic E-state index is 0.0630. The average molecular weight is 498 g/mol. The van der Waals surface area contributed by atoms with Crippen molar-refractivity contribution in [2.75, 3.05) is 13.1 Å². The maximum atomic E-state index is 13.1. The number of hydrogen-bond acceptors (Lipinski definition) is 7. The maximum absolute atomic E-state index is 13.1. The summed E-state index contributed by atoms with van der Waals surface area (Å²) in [6.07, 6.45) is 1.06. The number of piperidine rings is 1. The summed E-state index contributed by atoms with van der Waals surface area (Å²) in [5.74, 6) is 0.748. The summed E-state index contributed by atoms with van der Waals surface area (Å²) in [5.41, 5.74) is 2.99. The van der Waals surface area contributed by atoms with E-state index in [0.29, 0.717) is 40.7 Å². The topological polar surface area (TPSA) is 88.6 Å². The van der Waals surface area contributed by atoms with E-state index in [1.54, 1.807) is 18.2 Å². The van der Waals surface area contributed by atoms with E-state index in [1.165, 1.54) is 11.3 Å². The number of benzene rings is 2. The Balaban J connectivity index is 1.24. The number of nitrogens with zero attached hydrogens (tertiary/aromatic N) is 3. The van der Waals surface area contributed by atoms with Gasteiger partial charge in [-0.05, 0) is 48.7 Å². The molecule has 1 fully saturated rings. The number of thiazole rings is 1. The number of pyridine rings is 1. The van der Waals surface area contributed by atoms with Gasteiger partial charge in [-0.25, -0.2) is 9.78 Å². The Hall–Kier alpha value is -3.75. The van der Waals surface area contributed by atoms with Crippen LogP contribution in [0.3, 0.4) is 0 Å². The molecule has 2 aromatic carbocycles. The van der Waals surface area contributed by atoms with Crippen LogP contribution in [-0.2, 0) is 13.1 Å². The molecule has 2 atom stereocenters. The number of aromatic nitrogens is 2. The van der Waals surface area contributed by atoms with Gasteiger partial charge in [0, 0.05) is 49.2 Å². The molecule has 180 valence electrons. The highest BCUT2D eigenvalue weighted by molar-refractivity contribution is 7.21. The highest BCUT2D eigenvalue weighted by atomic mass is 32.1. The van der Waals surface area contributed by atoms with Gasteiger partial charge in [-0.1, -0.05) is 18.2 Å². The Morgan fingerprint density at radius 2 is 1.92 bits per heavy atom. The zero-order valence-electron chi connectivity index (χ0n) is 19.4. The first-order valence-electron chi connectivity index (χ1n) is 12.1. The summed E-state index contributed by atoms with van der Waals surface area (Å²) in [4.78, 5) is 32.3. The molecule has 1 N–H and O–H groups in total. The van der Waals surface area contributed by atoms with Crippen molar-refractivity contribution in [3.05, 3.63) is 92.7 Å². The van der Waals surface area contributed by atoms with Gasteiger partial charge in [0.05, 0.1) is 21.3 Å². The monoisotopic (exact) mass is 497 g/mol. The molecule has 2 bridgehead atoms. The van der Waals surface area contributed by atoms with Gasteiger partial charge in [-0.2, -0.15) is 0 Å². The first kappa shape index (κ1) is 21.5. The Morgan fingerprint density at radius 3 is 2.81 bits per heavy atom. The van der Waals surface area contributed by atoms with Crippen LogP contribution in [0, 0.1) is 5.92 Å². The van der Waals surface area contributed by atoms with E-state index in [0.717, 1.165) is 40.8 Å². The van der Waals surface area contributed by atoms with E-state index in [2.05, 4.69) is 9.88 Å².